The molecular formula is C14H24N2O3. The zero-order chi connectivity index (χ0) is 13.8. The summed E-state index contributed by atoms with van der Waals surface area (Å²) >= 11 is 0. The summed E-state index contributed by atoms with van der Waals surface area (Å²) < 4.78 is 0. The van der Waals surface area contributed by atoms with Crippen molar-refractivity contribution in [2.75, 3.05) is 20.1 Å². The second kappa shape index (κ2) is 6.26. The Labute approximate surface area is 114 Å². The number of amides is 2. The van der Waals surface area contributed by atoms with Crippen LogP contribution in [0.5, 0.6) is 0 Å². The molecule has 0 aromatic rings. The highest BCUT2D eigenvalue weighted by Gasteiger charge is 2.39. The van der Waals surface area contributed by atoms with Gasteiger partial charge in [0.05, 0.1) is 0 Å². The molecule has 0 radical (unpaired) electrons. The van der Waals surface area contributed by atoms with Crippen LogP contribution < -0.4 is 5.32 Å². The highest BCUT2D eigenvalue weighted by molar-refractivity contribution is 5.74. The van der Waals surface area contributed by atoms with E-state index in [2.05, 4.69) is 5.32 Å². The van der Waals surface area contributed by atoms with Crippen LogP contribution in [0.4, 0.5) is 4.79 Å². The zero-order valence-electron chi connectivity index (χ0n) is 11.6. The third kappa shape index (κ3) is 3.85. The molecule has 2 bridgehead atoms. The number of urea groups is 1. The van der Waals surface area contributed by atoms with Crippen molar-refractivity contribution in [3.63, 3.8) is 0 Å². The Hall–Kier alpha value is -1.26. The molecule has 108 valence electrons. The van der Waals surface area contributed by atoms with E-state index < -0.39 is 5.97 Å². The lowest BCUT2D eigenvalue weighted by Crippen LogP contribution is -2.40. The molecule has 5 heteroatoms. The number of hydrogen-bond donors (Lipinski definition) is 2. The summed E-state index contributed by atoms with van der Waals surface area (Å²) in [4.78, 5) is 23.8. The van der Waals surface area contributed by atoms with E-state index in [1.54, 1.807) is 11.9 Å². The number of carbonyl (C=O) groups is 2. The van der Waals surface area contributed by atoms with Crippen molar-refractivity contribution in [1.82, 2.24) is 10.2 Å². The maximum Gasteiger partial charge on any atom is 0.317 e. The molecule has 0 aromatic carbocycles. The molecule has 0 aromatic heterocycles. The van der Waals surface area contributed by atoms with E-state index in [9.17, 15) is 9.59 Å². The van der Waals surface area contributed by atoms with Crippen LogP contribution in [0.1, 0.15) is 38.5 Å². The van der Waals surface area contributed by atoms with E-state index in [0.29, 0.717) is 18.9 Å². The van der Waals surface area contributed by atoms with E-state index in [-0.39, 0.29) is 12.5 Å². The molecule has 19 heavy (non-hydrogen) atoms. The SMILES string of the molecule is CN(CCCC(=O)O)C(=O)NCC1CC2CCC1C2. The fourth-order valence-corrected chi connectivity index (χ4v) is 3.55. The summed E-state index contributed by atoms with van der Waals surface area (Å²) in [6.07, 6.45) is 5.96. The first-order valence-corrected chi connectivity index (χ1v) is 7.27. The van der Waals surface area contributed by atoms with E-state index in [4.69, 9.17) is 5.11 Å². The van der Waals surface area contributed by atoms with Crippen molar-refractivity contribution in [3.8, 4) is 0 Å². The number of nitrogens with one attached hydrogen (secondary N) is 1. The molecule has 2 aliphatic rings. The fourth-order valence-electron chi connectivity index (χ4n) is 3.55. The number of nitrogens with zero attached hydrogens (tertiary/aromatic N) is 1. The lowest BCUT2D eigenvalue weighted by molar-refractivity contribution is -0.137. The monoisotopic (exact) mass is 268 g/mol. The standard InChI is InChI=1S/C14H24N2O3/c1-16(6-2-3-13(17)18)14(19)15-9-12-8-10-4-5-11(12)7-10/h10-12H,2-9H2,1H3,(H,15,19)(H,17,18). The molecule has 2 amide bonds. The van der Waals surface area contributed by atoms with Gasteiger partial charge in [-0.2, -0.15) is 0 Å². The van der Waals surface area contributed by atoms with Crippen molar-refractivity contribution in [3.05, 3.63) is 0 Å². The van der Waals surface area contributed by atoms with Crippen molar-refractivity contribution in [2.45, 2.75) is 38.5 Å². The van der Waals surface area contributed by atoms with Crippen molar-refractivity contribution < 1.29 is 14.7 Å². The molecule has 3 atom stereocenters. The molecule has 2 N–H and O–H groups in total. The van der Waals surface area contributed by atoms with Gasteiger partial charge in [-0.15, -0.1) is 0 Å². The van der Waals surface area contributed by atoms with Gasteiger partial charge in [0.15, 0.2) is 0 Å². The Balaban J connectivity index is 1.62. The number of carboxylic acids is 1. The van der Waals surface area contributed by atoms with Crippen molar-refractivity contribution >= 4 is 12.0 Å². The van der Waals surface area contributed by atoms with Crippen LogP contribution in [-0.2, 0) is 4.79 Å². The predicted molar refractivity (Wildman–Crippen MR) is 71.8 cm³/mol. The minimum Gasteiger partial charge on any atom is -0.481 e. The normalized spacial score (nSPS) is 28.4. The topological polar surface area (TPSA) is 69.6 Å². The number of fused-ring (bicyclic) bond motifs is 2. The predicted octanol–water partition coefficient (Wildman–Crippen LogP) is 1.93. The average Bonchev–Trinajstić information content (AvgIpc) is 2.97. The lowest BCUT2D eigenvalue weighted by atomic mass is 9.89. The summed E-state index contributed by atoms with van der Waals surface area (Å²) in [6, 6.07) is -0.0758. The quantitative estimate of drug-likeness (QED) is 0.773. The Morgan fingerprint density at radius 1 is 1.32 bits per heavy atom. The number of rotatable bonds is 6. The molecular weight excluding hydrogens is 244 g/mol. The van der Waals surface area contributed by atoms with Gasteiger partial charge in [-0.3, -0.25) is 4.79 Å². The van der Waals surface area contributed by atoms with Gasteiger partial charge in [0, 0.05) is 26.6 Å². The lowest BCUT2D eigenvalue weighted by Gasteiger charge is -2.24. The summed E-state index contributed by atoms with van der Waals surface area (Å²) in [5.41, 5.74) is 0. The Morgan fingerprint density at radius 2 is 2.11 bits per heavy atom. The van der Waals surface area contributed by atoms with Crippen LogP contribution in [0, 0.1) is 17.8 Å². The molecule has 2 fully saturated rings. The first kappa shape index (κ1) is 14.2. The molecule has 5 nitrogen and oxygen atoms in total. The van der Waals surface area contributed by atoms with Crippen LogP contribution in [0.2, 0.25) is 0 Å². The fraction of sp³-hybridized carbons (Fsp3) is 0.857. The van der Waals surface area contributed by atoms with Crippen LogP contribution >= 0.6 is 0 Å². The second-order valence-corrected chi connectivity index (χ2v) is 6.04. The highest BCUT2D eigenvalue weighted by atomic mass is 16.4. The summed E-state index contributed by atoms with van der Waals surface area (Å²) in [7, 11) is 1.72. The average molecular weight is 268 g/mol. The number of carbonyl (C=O) groups excluding carboxylic acids is 1. The summed E-state index contributed by atoms with van der Waals surface area (Å²) in [5.74, 6) is 1.58. The van der Waals surface area contributed by atoms with Crippen LogP contribution in [0.3, 0.4) is 0 Å². The third-order valence-electron chi connectivity index (χ3n) is 4.63. The van der Waals surface area contributed by atoms with Crippen LogP contribution in [0.15, 0.2) is 0 Å². The maximum absolute atomic E-state index is 11.8. The molecule has 0 spiro atoms. The molecule has 0 saturated heterocycles. The number of hydrogen-bond acceptors (Lipinski definition) is 2. The van der Waals surface area contributed by atoms with E-state index in [0.717, 1.165) is 18.4 Å². The van der Waals surface area contributed by atoms with E-state index in [1.807, 2.05) is 0 Å². The molecule has 2 saturated carbocycles. The van der Waals surface area contributed by atoms with Crippen molar-refractivity contribution in [2.24, 2.45) is 17.8 Å². The Bertz CT molecular complexity index is 346. The first-order chi connectivity index (χ1) is 9.06. The van der Waals surface area contributed by atoms with Crippen LogP contribution in [-0.4, -0.2) is 42.1 Å². The van der Waals surface area contributed by atoms with Gasteiger partial charge in [0.25, 0.3) is 0 Å². The van der Waals surface area contributed by atoms with Gasteiger partial charge in [-0.05, 0) is 43.4 Å². The third-order valence-corrected chi connectivity index (χ3v) is 4.63. The van der Waals surface area contributed by atoms with E-state index >= 15 is 0 Å². The zero-order valence-corrected chi connectivity index (χ0v) is 11.6. The van der Waals surface area contributed by atoms with Gasteiger partial charge < -0.3 is 15.3 Å². The molecule has 0 aliphatic heterocycles. The van der Waals surface area contributed by atoms with Crippen molar-refractivity contribution in [1.29, 1.82) is 0 Å². The first-order valence-electron chi connectivity index (χ1n) is 7.27. The molecule has 0 heterocycles. The smallest absolute Gasteiger partial charge is 0.317 e. The van der Waals surface area contributed by atoms with E-state index in [1.165, 1.54) is 25.7 Å². The molecule has 2 rings (SSSR count). The summed E-state index contributed by atoms with van der Waals surface area (Å²) in [5, 5.41) is 11.5. The Kier molecular flexibility index (Phi) is 4.66. The Morgan fingerprint density at radius 3 is 2.68 bits per heavy atom. The maximum atomic E-state index is 11.8. The minimum atomic E-state index is -0.809. The van der Waals surface area contributed by atoms with Gasteiger partial charge >= 0.3 is 12.0 Å². The number of aliphatic carboxylic acids is 1. The van der Waals surface area contributed by atoms with Gasteiger partial charge in [0.2, 0.25) is 0 Å². The minimum absolute atomic E-state index is 0.0758. The number of carboxylic acid groups (broad SMARTS) is 1. The van der Waals surface area contributed by atoms with Gasteiger partial charge in [-0.25, -0.2) is 4.79 Å². The highest BCUT2D eigenvalue weighted by Crippen LogP contribution is 2.47. The molecule has 2 aliphatic carbocycles. The molecule has 3 unspecified atom stereocenters. The second-order valence-electron chi connectivity index (χ2n) is 6.04. The van der Waals surface area contributed by atoms with Gasteiger partial charge in [-0.1, -0.05) is 6.42 Å². The summed E-state index contributed by atoms with van der Waals surface area (Å²) in [6.45, 7) is 1.28. The largest absolute Gasteiger partial charge is 0.481 e. The van der Waals surface area contributed by atoms with Crippen LogP contribution in [0.25, 0.3) is 0 Å². The van der Waals surface area contributed by atoms with Gasteiger partial charge in [0.1, 0.15) is 0 Å².